The van der Waals surface area contributed by atoms with Gasteiger partial charge in [-0.05, 0) is 39.3 Å². The van der Waals surface area contributed by atoms with Crippen LogP contribution >= 0.6 is 0 Å². The number of amides is 1. The highest BCUT2D eigenvalue weighted by molar-refractivity contribution is 6.09. The lowest BCUT2D eigenvalue weighted by Gasteiger charge is -2.36. The zero-order valence-electron chi connectivity index (χ0n) is 16.9. The van der Waals surface area contributed by atoms with Crippen LogP contribution in [0.15, 0.2) is 42.6 Å². The van der Waals surface area contributed by atoms with Gasteiger partial charge >= 0.3 is 6.09 Å². The van der Waals surface area contributed by atoms with E-state index in [9.17, 15) is 9.59 Å². The van der Waals surface area contributed by atoms with Crippen molar-refractivity contribution in [3.05, 3.63) is 59.3 Å². The van der Waals surface area contributed by atoms with E-state index in [1.165, 1.54) is 0 Å². The second kappa shape index (κ2) is 8.00. The van der Waals surface area contributed by atoms with Crippen molar-refractivity contribution in [1.82, 2.24) is 9.88 Å². The maximum Gasteiger partial charge on any atom is 0.410 e. The minimum Gasteiger partial charge on any atom is -0.444 e. The summed E-state index contributed by atoms with van der Waals surface area (Å²) in [6.45, 7) is 10.1. The van der Waals surface area contributed by atoms with Gasteiger partial charge in [-0.3, -0.25) is 4.79 Å². The van der Waals surface area contributed by atoms with Crippen molar-refractivity contribution in [2.24, 2.45) is 0 Å². The summed E-state index contributed by atoms with van der Waals surface area (Å²) in [7, 11) is 0. The molecule has 0 saturated carbocycles. The van der Waals surface area contributed by atoms with Crippen molar-refractivity contribution < 1.29 is 14.3 Å². The van der Waals surface area contributed by atoms with Crippen LogP contribution in [0.4, 0.5) is 10.6 Å². The van der Waals surface area contributed by atoms with Crippen molar-refractivity contribution in [2.45, 2.75) is 33.3 Å². The van der Waals surface area contributed by atoms with Gasteiger partial charge in [0.1, 0.15) is 11.4 Å². The SMILES string of the molecule is Cc1cc(C(=O)c2ccccc2)cnc1N1CCN(C(=O)OC(C)(C)C)CC1. The first-order valence-corrected chi connectivity index (χ1v) is 9.54. The molecule has 148 valence electrons. The van der Waals surface area contributed by atoms with Gasteiger partial charge < -0.3 is 14.5 Å². The molecule has 1 aliphatic heterocycles. The van der Waals surface area contributed by atoms with E-state index < -0.39 is 5.60 Å². The van der Waals surface area contributed by atoms with Gasteiger partial charge in [0.15, 0.2) is 5.78 Å². The van der Waals surface area contributed by atoms with Crippen LogP contribution in [0, 0.1) is 6.92 Å². The third-order valence-electron chi connectivity index (χ3n) is 4.58. The van der Waals surface area contributed by atoms with E-state index in [0.29, 0.717) is 37.3 Å². The number of anilines is 1. The molecular formula is C22H27N3O3. The lowest BCUT2D eigenvalue weighted by atomic mass is 10.0. The molecule has 0 atom stereocenters. The molecule has 0 unspecified atom stereocenters. The fraction of sp³-hybridized carbons (Fsp3) is 0.409. The zero-order chi connectivity index (χ0) is 20.3. The van der Waals surface area contributed by atoms with Crippen LogP contribution in [0.2, 0.25) is 0 Å². The first-order valence-electron chi connectivity index (χ1n) is 9.54. The summed E-state index contributed by atoms with van der Waals surface area (Å²) < 4.78 is 5.44. The smallest absolute Gasteiger partial charge is 0.410 e. The number of pyridine rings is 1. The summed E-state index contributed by atoms with van der Waals surface area (Å²) in [5.41, 5.74) is 1.70. The Labute approximate surface area is 166 Å². The standard InChI is InChI=1S/C22H27N3O3/c1-16-14-18(19(26)17-8-6-5-7-9-17)15-23-20(16)24-10-12-25(13-11-24)21(27)28-22(2,3)4/h5-9,14-15H,10-13H2,1-4H3. The van der Waals surface area contributed by atoms with Crippen LogP contribution in [0.1, 0.15) is 42.3 Å². The van der Waals surface area contributed by atoms with Gasteiger partial charge in [0, 0.05) is 43.5 Å². The topological polar surface area (TPSA) is 62.7 Å². The molecule has 6 heteroatoms. The van der Waals surface area contributed by atoms with Crippen LogP contribution in [-0.4, -0.2) is 53.5 Å². The number of carbonyl (C=O) groups is 2. The van der Waals surface area contributed by atoms with Crippen LogP contribution in [0.5, 0.6) is 0 Å². The molecule has 1 fully saturated rings. The molecule has 6 nitrogen and oxygen atoms in total. The van der Waals surface area contributed by atoms with E-state index in [0.717, 1.165) is 11.4 Å². The van der Waals surface area contributed by atoms with Gasteiger partial charge in [0.25, 0.3) is 0 Å². The van der Waals surface area contributed by atoms with Crippen LogP contribution < -0.4 is 4.90 Å². The fourth-order valence-electron chi connectivity index (χ4n) is 3.21. The number of benzene rings is 1. The number of piperazine rings is 1. The van der Waals surface area contributed by atoms with Crippen molar-refractivity contribution >= 4 is 17.7 Å². The summed E-state index contributed by atoms with van der Waals surface area (Å²) in [6, 6.07) is 11.1. The van der Waals surface area contributed by atoms with Crippen molar-refractivity contribution in [1.29, 1.82) is 0 Å². The summed E-state index contributed by atoms with van der Waals surface area (Å²) in [5.74, 6) is 0.825. The highest BCUT2D eigenvalue weighted by atomic mass is 16.6. The molecule has 1 amide bonds. The number of hydrogen-bond acceptors (Lipinski definition) is 5. The minimum atomic E-state index is -0.493. The van der Waals surface area contributed by atoms with Gasteiger partial charge in [-0.2, -0.15) is 0 Å². The number of ketones is 1. The number of nitrogens with zero attached hydrogens (tertiary/aromatic N) is 3. The summed E-state index contributed by atoms with van der Waals surface area (Å²) in [6.07, 6.45) is 1.36. The van der Waals surface area contributed by atoms with E-state index in [4.69, 9.17) is 4.74 Å². The predicted octanol–water partition coefficient (Wildman–Crippen LogP) is 3.68. The molecule has 0 spiro atoms. The van der Waals surface area contributed by atoms with Gasteiger partial charge in [0.2, 0.25) is 0 Å². The lowest BCUT2D eigenvalue weighted by Crippen LogP contribution is -2.50. The Balaban J connectivity index is 1.66. The first kappa shape index (κ1) is 19.9. The number of carbonyl (C=O) groups excluding carboxylic acids is 2. The van der Waals surface area contributed by atoms with E-state index >= 15 is 0 Å². The normalized spacial score (nSPS) is 14.7. The van der Waals surface area contributed by atoms with Gasteiger partial charge in [-0.25, -0.2) is 9.78 Å². The van der Waals surface area contributed by atoms with E-state index in [-0.39, 0.29) is 11.9 Å². The molecule has 1 aliphatic rings. The Morgan fingerprint density at radius 2 is 1.64 bits per heavy atom. The third-order valence-corrected chi connectivity index (χ3v) is 4.58. The average molecular weight is 381 g/mol. The molecule has 0 N–H and O–H groups in total. The molecule has 3 rings (SSSR count). The molecule has 1 saturated heterocycles. The van der Waals surface area contributed by atoms with Crippen LogP contribution in [0.25, 0.3) is 0 Å². The fourth-order valence-corrected chi connectivity index (χ4v) is 3.21. The average Bonchev–Trinajstić information content (AvgIpc) is 2.67. The van der Waals surface area contributed by atoms with Crippen molar-refractivity contribution in [3.8, 4) is 0 Å². The maximum atomic E-state index is 12.6. The largest absolute Gasteiger partial charge is 0.444 e. The highest BCUT2D eigenvalue weighted by Crippen LogP contribution is 2.22. The maximum absolute atomic E-state index is 12.6. The Kier molecular flexibility index (Phi) is 5.68. The predicted molar refractivity (Wildman–Crippen MR) is 109 cm³/mol. The van der Waals surface area contributed by atoms with Gasteiger partial charge in [0.05, 0.1) is 0 Å². The molecule has 28 heavy (non-hydrogen) atoms. The molecule has 1 aromatic carbocycles. The number of aryl methyl sites for hydroxylation is 1. The van der Waals surface area contributed by atoms with Gasteiger partial charge in [-0.1, -0.05) is 30.3 Å². The number of rotatable bonds is 3. The Hall–Kier alpha value is -2.89. The highest BCUT2D eigenvalue weighted by Gasteiger charge is 2.27. The number of ether oxygens (including phenoxy) is 1. The second-order valence-corrected chi connectivity index (χ2v) is 8.01. The minimum absolute atomic E-state index is 0.0301. The van der Waals surface area contributed by atoms with Gasteiger partial charge in [-0.15, -0.1) is 0 Å². The number of hydrogen-bond donors (Lipinski definition) is 0. The summed E-state index contributed by atoms with van der Waals surface area (Å²) >= 11 is 0. The number of aromatic nitrogens is 1. The van der Waals surface area contributed by atoms with Crippen molar-refractivity contribution in [2.75, 3.05) is 31.1 Å². The molecule has 0 radical (unpaired) electrons. The van der Waals surface area contributed by atoms with E-state index in [1.807, 2.05) is 64.1 Å². The van der Waals surface area contributed by atoms with Crippen LogP contribution in [-0.2, 0) is 4.74 Å². The molecule has 0 aliphatic carbocycles. The second-order valence-electron chi connectivity index (χ2n) is 8.01. The van der Waals surface area contributed by atoms with E-state index in [1.54, 1.807) is 11.1 Å². The molecule has 2 heterocycles. The third kappa shape index (κ3) is 4.68. The summed E-state index contributed by atoms with van der Waals surface area (Å²) in [4.78, 5) is 33.2. The Bertz CT molecular complexity index is 851. The zero-order valence-corrected chi connectivity index (χ0v) is 16.9. The molecular weight excluding hydrogens is 354 g/mol. The Morgan fingerprint density at radius 1 is 1.00 bits per heavy atom. The summed E-state index contributed by atoms with van der Waals surface area (Å²) in [5, 5.41) is 0. The molecule has 0 bridgehead atoms. The Morgan fingerprint density at radius 3 is 2.21 bits per heavy atom. The lowest BCUT2D eigenvalue weighted by molar-refractivity contribution is 0.0240. The quantitative estimate of drug-likeness (QED) is 0.759. The van der Waals surface area contributed by atoms with E-state index in [2.05, 4.69) is 9.88 Å². The monoisotopic (exact) mass is 381 g/mol. The van der Waals surface area contributed by atoms with Crippen molar-refractivity contribution in [3.63, 3.8) is 0 Å². The molecule has 2 aromatic rings. The first-order chi connectivity index (χ1) is 13.2. The van der Waals surface area contributed by atoms with Crippen LogP contribution in [0.3, 0.4) is 0 Å². The molecule has 1 aromatic heterocycles.